The van der Waals surface area contributed by atoms with Gasteiger partial charge in [0.2, 0.25) is 11.7 Å². The second-order valence-electron chi connectivity index (χ2n) is 6.44. The van der Waals surface area contributed by atoms with Crippen LogP contribution in [0.4, 0.5) is 5.69 Å². The summed E-state index contributed by atoms with van der Waals surface area (Å²) in [4.78, 5) is 12.5. The summed E-state index contributed by atoms with van der Waals surface area (Å²) in [6, 6.07) is 5.48. The largest absolute Gasteiger partial charge is 0.449 e. The molecule has 1 amide bonds. The molecular formula is C16H22N2O3. The van der Waals surface area contributed by atoms with Crippen LogP contribution < -0.4 is 20.1 Å². The monoisotopic (exact) mass is 290 g/mol. The van der Waals surface area contributed by atoms with Crippen LogP contribution in [0.25, 0.3) is 0 Å². The predicted octanol–water partition coefficient (Wildman–Crippen LogP) is 2.66. The van der Waals surface area contributed by atoms with Crippen molar-refractivity contribution < 1.29 is 14.3 Å². The zero-order valence-electron chi connectivity index (χ0n) is 12.8. The molecule has 114 valence electrons. The fourth-order valence-electron chi connectivity index (χ4n) is 2.82. The third kappa shape index (κ3) is 2.83. The van der Waals surface area contributed by atoms with Gasteiger partial charge in [0.25, 0.3) is 0 Å². The quantitative estimate of drug-likeness (QED) is 0.879. The van der Waals surface area contributed by atoms with Crippen molar-refractivity contribution >= 4 is 11.6 Å². The van der Waals surface area contributed by atoms with Crippen molar-refractivity contribution in [3.05, 3.63) is 18.2 Å². The Morgan fingerprint density at radius 2 is 1.95 bits per heavy atom. The molecule has 2 aliphatic rings. The summed E-state index contributed by atoms with van der Waals surface area (Å²) in [5.74, 6) is 0.724. The molecule has 1 aromatic carbocycles. The van der Waals surface area contributed by atoms with Crippen molar-refractivity contribution in [3.8, 4) is 11.5 Å². The molecule has 0 spiro atoms. The summed E-state index contributed by atoms with van der Waals surface area (Å²) in [6.07, 6.45) is 3.06. The van der Waals surface area contributed by atoms with Gasteiger partial charge in [0.15, 0.2) is 11.5 Å². The first-order chi connectivity index (χ1) is 9.88. The van der Waals surface area contributed by atoms with Gasteiger partial charge in [0, 0.05) is 25.6 Å². The maximum absolute atomic E-state index is 12.5. The first-order valence-corrected chi connectivity index (χ1v) is 7.47. The molecule has 2 aliphatic heterocycles. The fourth-order valence-corrected chi connectivity index (χ4v) is 2.82. The summed E-state index contributed by atoms with van der Waals surface area (Å²) >= 11 is 0. The van der Waals surface area contributed by atoms with E-state index >= 15 is 0 Å². The van der Waals surface area contributed by atoms with Crippen molar-refractivity contribution in [1.29, 1.82) is 0 Å². The molecule has 1 fully saturated rings. The highest BCUT2D eigenvalue weighted by atomic mass is 16.7. The lowest BCUT2D eigenvalue weighted by Gasteiger charge is -2.33. The van der Waals surface area contributed by atoms with Crippen molar-refractivity contribution in [2.45, 2.75) is 51.4 Å². The molecule has 0 aliphatic carbocycles. The molecule has 5 heteroatoms. The van der Waals surface area contributed by atoms with Crippen molar-refractivity contribution in [1.82, 2.24) is 5.32 Å². The van der Waals surface area contributed by atoms with E-state index in [1.165, 1.54) is 0 Å². The summed E-state index contributed by atoms with van der Waals surface area (Å²) in [6.45, 7) is 6.56. The van der Waals surface area contributed by atoms with Crippen LogP contribution >= 0.6 is 0 Å². The number of hydrogen-bond donors (Lipinski definition) is 2. The van der Waals surface area contributed by atoms with Crippen LogP contribution in [-0.4, -0.2) is 23.8 Å². The number of fused-ring (bicyclic) bond motifs is 1. The molecule has 0 saturated carbocycles. The van der Waals surface area contributed by atoms with Gasteiger partial charge < -0.3 is 20.1 Å². The van der Waals surface area contributed by atoms with Crippen LogP contribution in [0.5, 0.6) is 11.5 Å². The number of ether oxygens (including phenoxy) is 2. The Bertz CT molecular complexity index is 563. The number of rotatable bonds is 2. The molecule has 3 rings (SSSR count). The smallest absolute Gasteiger partial charge is 0.246 e. The van der Waals surface area contributed by atoms with E-state index in [1.807, 2.05) is 39.0 Å². The maximum Gasteiger partial charge on any atom is 0.246 e. The lowest BCUT2D eigenvalue weighted by Crippen LogP contribution is -2.54. The van der Waals surface area contributed by atoms with E-state index in [4.69, 9.17) is 9.47 Å². The minimum absolute atomic E-state index is 0.000301. The Hall–Kier alpha value is -1.75. The van der Waals surface area contributed by atoms with E-state index in [-0.39, 0.29) is 5.91 Å². The number of carbonyl (C=O) groups excluding carboxylic acids is 1. The zero-order valence-corrected chi connectivity index (χ0v) is 12.8. The Balaban J connectivity index is 1.73. The topological polar surface area (TPSA) is 59.6 Å². The van der Waals surface area contributed by atoms with Crippen LogP contribution in [0.1, 0.15) is 40.0 Å². The molecular weight excluding hydrogens is 268 g/mol. The van der Waals surface area contributed by atoms with E-state index in [1.54, 1.807) is 0 Å². The minimum Gasteiger partial charge on any atom is -0.449 e. The molecule has 0 radical (unpaired) electrons. The Labute approximate surface area is 125 Å². The third-order valence-corrected chi connectivity index (χ3v) is 4.03. The highest BCUT2D eigenvalue weighted by Gasteiger charge is 2.35. The molecule has 2 heterocycles. The van der Waals surface area contributed by atoms with Crippen molar-refractivity contribution in [2.24, 2.45) is 0 Å². The van der Waals surface area contributed by atoms with E-state index in [9.17, 15) is 4.79 Å². The summed E-state index contributed by atoms with van der Waals surface area (Å²) in [5, 5.41) is 6.29. The van der Waals surface area contributed by atoms with Crippen LogP contribution in [0, 0.1) is 0 Å². The molecule has 5 nitrogen and oxygen atoms in total. The van der Waals surface area contributed by atoms with Crippen LogP contribution in [-0.2, 0) is 4.79 Å². The van der Waals surface area contributed by atoms with E-state index in [0.717, 1.165) is 31.5 Å². The number of hydrogen-bond acceptors (Lipinski definition) is 4. The van der Waals surface area contributed by atoms with Gasteiger partial charge in [-0.2, -0.15) is 0 Å². The van der Waals surface area contributed by atoms with Crippen molar-refractivity contribution in [2.75, 3.05) is 11.9 Å². The number of benzene rings is 1. The number of nitrogens with one attached hydrogen (secondary N) is 2. The summed E-state index contributed by atoms with van der Waals surface area (Å²) in [7, 11) is 0. The van der Waals surface area contributed by atoms with Gasteiger partial charge in [-0.1, -0.05) is 0 Å². The van der Waals surface area contributed by atoms with Crippen LogP contribution in [0.3, 0.4) is 0 Å². The van der Waals surface area contributed by atoms with Gasteiger partial charge in [-0.25, -0.2) is 0 Å². The highest BCUT2D eigenvalue weighted by Crippen LogP contribution is 2.40. The lowest BCUT2D eigenvalue weighted by molar-refractivity contribution is -0.122. The third-order valence-electron chi connectivity index (χ3n) is 4.03. The van der Waals surface area contributed by atoms with Gasteiger partial charge >= 0.3 is 0 Å². The highest BCUT2D eigenvalue weighted by molar-refractivity contribution is 5.98. The minimum atomic E-state index is -0.651. The molecule has 21 heavy (non-hydrogen) atoms. The average Bonchev–Trinajstić information content (AvgIpc) is 2.72. The molecule has 0 bridgehead atoms. The standard InChI is InChI=1S/C16H22N2O3/c1-15(2)20-12-7-6-11(10-13(12)21-15)18-14(19)16(3)8-4-5-9-17-16/h6-7,10,17H,4-5,8-9H2,1-3H3,(H,18,19). The van der Waals surface area contributed by atoms with Crippen LogP contribution in [0.15, 0.2) is 18.2 Å². The zero-order chi connectivity index (χ0) is 15.1. The Kier molecular flexibility index (Phi) is 3.32. The maximum atomic E-state index is 12.5. The van der Waals surface area contributed by atoms with Gasteiger partial charge in [0.05, 0.1) is 5.54 Å². The number of carbonyl (C=O) groups is 1. The van der Waals surface area contributed by atoms with Gasteiger partial charge in [0.1, 0.15) is 0 Å². The molecule has 1 aromatic rings. The summed E-state index contributed by atoms with van der Waals surface area (Å²) < 4.78 is 11.3. The Morgan fingerprint density at radius 1 is 1.19 bits per heavy atom. The average molecular weight is 290 g/mol. The Morgan fingerprint density at radius 3 is 2.67 bits per heavy atom. The van der Waals surface area contributed by atoms with Gasteiger partial charge in [-0.3, -0.25) is 4.79 Å². The van der Waals surface area contributed by atoms with Crippen molar-refractivity contribution in [3.63, 3.8) is 0 Å². The first-order valence-electron chi connectivity index (χ1n) is 7.47. The molecule has 1 unspecified atom stereocenters. The molecule has 1 saturated heterocycles. The lowest BCUT2D eigenvalue weighted by atomic mass is 9.90. The number of amides is 1. The van der Waals surface area contributed by atoms with Gasteiger partial charge in [-0.05, 0) is 44.9 Å². The first kappa shape index (κ1) is 14.2. The van der Waals surface area contributed by atoms with E-state index in [0.29, 0.717) is 11.5 Å². The summed E-state index contributed by atoms with van der Waals surface area (Å²) in [5.41, 5.74) is 0.238. The van der Waals surface area contributed by atoms with Gasteiger partial charge in [-0.15, -0.1) is 0 Å². The molecule has 1 atom stereocenters. The molecule has 0 aromatic heterocycles. The van der Waals surface area contributed by atoms with Crippen LogP contribution in [0.2, 0.25) is 0 Å². The molecule has 2 N–H and O–H groups in total. The SMILES string of the molecule is CC1(C)Oc2ccc(NC(=O)C3(C)CCCCN3)cc2O1. The normalized spacial score (nSPS) is 26.4. The fraction of sp³-hybridized carbons (Fsp3) is 0.562. The second-order valence-corrected chi connectivity index (χ2v) is 6.44. The van der Waals surface area contributed by atoms with E-state index < -0.39 is 11.3 Å². The second kappa shape index (κ2) is 4.91. The van der Waals surface area contributed by atoms with E-state index in [2.05, 4.69) is 10.6 Å². The number of piperidine rings is 1. The number of anilines is 1. The predicted molar refractivity (Wildman–Crippen MR) is 80.7 cm³/mol.